The van der Waals surface area contributed by atoms with Crippen molar-refractivity contribution >= 4 is 72.4 Å². The molecule has 0 fully saturated rings. The Bertz CT molecular complexity index is 1030. The van der Waals surface area contributed by atoms with Crippen LogP contribution in [0.3, 0.4) is 0 Å². The van der Waals surface area contributed by atoms with E-state index in [2.05, 4.69) is 41.2 Å². The number of anilines is 2. The molecule has 0 saturated carbocycles. The summed E-state index contributed by atoms with van der Waals surface area (Å²) in [4.78, 5) is 51.7. The number of rotatable bonds is 6. The predicted molar refractivity (Wildman–Crippen MR) is 107 cm³/mol. The molecule has 9 nitrogen and oxygen atoms in total. The molecule has 3 aromatic heterocycles. The molecule has 3 heterocycles. The van der Waals surface area contributed by atoms with Crippen LogP contribution in [0.2, 0.25) is 0 Å². The van der Waals surface area contributed by atoms with Crippen LogP contribution in [0.5, 0.6) is 0 Å². The largest absolute Gasteiger partial charge is 0.347 e. The van der Waals surface area contributed by atoms with Crippen molar-refractivity contribution in [1.29, 1.82) is 0 Å². The highest BCUT2D eigenvalue weighted by Crippen LogP contribution is 2.38. The van der Waals surface area contributed by atoms with Crippen molar-refractivity contribution in [3.05, 3.63) is 38.8 Å². The van der Waals surface area contributed by atoms with Crippen LogP contribution in [-0.2, 0) is 9.59 Å². The molecule has 140 valence electrons. The number of hydrogen-bond acceptors (Lipinski definition) is 9. The van der Waals surface area contributed by atoms with Gasteiger partial charge in [-0.3, -0.25) is 14.4 Å². The van der Waals surface area contributed by atoms with Crippen LogP contribution in [0.15, 0.2) is 42.6 Å². The molecular weight excluding hydrogens is 476 g/mol. The van der Waals surface area contributed by atoms with Crippen molar-refractivity contribution in [1.82, 2.24) is 25.3 Å². The fourth-order valence-electron chi connectivity index (χ4n) is 1.82. The summed E-state index contributed by atoms with van der Waals surface area (Å²) in [6.07, 6.45) is 4.58. The predicted octanol–water partition coefficient (Wildman–Crippen LogP) is 2.40. The first kappa shape index (κ1) is 19.7. The topological polar surface area (TPSA) is 121 Å². The van der Waals surface area contributed by atoms with E-state index in [-0.39, 0.29) is 23.9 Å². The lowest BCUT2D eigenvalue weighted by Crippen LogP contribution is -2.36. The van der Waals surface area contributed by atoms with Gasteiger partial charge in [-0.1, -0.05) is 22.7 Å². The number of halogens is 1. The highest BCUT2D eigenvalue weighted by atomic mass is 79.9. The van der Waals surface area contributed by atoms with E-state index in [0.29, 0.717) is 15.4 Å². The zero-order valence-corrected chi connectivity index (χ0v) is 17.7. The molecule has 0 aliphatic rings. The minimum Gasteiger partial charge on any atom is -0.347 e. The van der Waals surface area contributed by atoms with Gasteiger partial charge >= 0.3 is 0 Å². The molecule has 3 aromatic rings. The third-order valence-electron chi connectivity index (χ3n) is 2.90. The minimum absolute atomic E-state index is 0.178. The van der Waals surface area contributed by atoms with Crippen molar-refractivity contribution in [3.63, 3.8) is 0 Å². The summed E-state index contributed by atoms with van der Waals surface area (Å²) in [5.74, 6) is -0.678. The number of aromatic amines is 1. The zero-order chi connectivity index (χ0) is 19.4. The smallest absolute Gasteiger partial charge is 0.254 e. The lowest BCUT2D eigenvalue weighted by Gasteiger charge is -2.16. The average Bonchev–Trinajstić information content (AvgIpc) is 3.23. The van der Waals surface area contributed by atoms with Crippen LogP contribution in [0.4, 0.5) is 10.3 Å². The molecule has 27 heavy (non-hydrogen) atoms. The number of nitrogens with one attached hydrogen (secondary N) is 2. The quantitative estimate of drug-likeness (QED) is 0.512. The molecule has 13 heteroatoms. The monoisotopic (exact) mass is 486 g/mol. The molecule has 0 aliphatic heterocycles. The number of amides is 2. The third-order valence-corrected chi connectivity index (χ3v) is 6.35. The SMILES string of the molecule is CC(=O)NCC(=O)N(c1ncc(Br)s1)c1ncc(Sc2nccc(=O)[nH]2)s1. The van der Waals surface area contributed by atoms with Crippen LogP contribution in [0, 0.1) is 0 Å². The van der Waals surface area contributed by atoms with Crippen LogP contribution in [0.1, 0.15) is 6.92 Å². The van der Waals surface area contributed by atoms with Gasteiger partial charge in [-0.15, -0.1) is 0 Å². The maximum absolute atomic E-state index is 12.6. The van der Waals surface area contributed by atoms with E-state index in [1.165, 1.54) is 58.5 Å². The molecule has 0 spiro atoms. The van der Waals surface area contributed by atoms with Gasteiger partial charge in [0.1, 0.15) is 0 Å². The molecule has 0 aromatic carbocycles. The van der Waals surface area contributed by atoms with Gasteiger partial charge < -0.3 is 10.3 Å². The van der Waals surface area contributed by atoms with Gasteiger partial charge in [0.2, 0.25) is 5.91 Å². The second-order valence-corrected chi connectivity index (χ2v) is 9.58. The standard InChI is InChI=1S/C14H11BrN6O3S3/c1-7(22)17-5-10(24)21(13-18-4-8(15)25-13)14-19-6-11(27-14)26-12-16-3-2-9(23)20-12/h2-4,6H,5H2,1H3,(H,17,22)(H,16,20,23). The van der Waals surface area contributed by atoms with Gasteiger partial charge in [0.15, 0.2) is 15.4 Å². The molecule has 2 amide bonds. The fraction of sp³-hybridized carbons (Fsp3) is 0.143. The normalized spacial score (nSPS) is 10.6. The number of thiazole rings is 2. The van der Waals surface area contributed by atoms with Gasteiger partial charge in [0, 0.05) is 19.2 Å². The van der Waals surface area contributed by atoms with E-state index in [1.807, 2.05) is 0 Å². The fourth-order valence-corrected chi connectivity index (χ4v) is 4.94. The molecule has 0 bridgehead atoms. The van der Waals surface area contributed by atoms with E-state index in [9.17, 15) is 14.4 Å². The summed E-state index contributed by atoms with van der Waals surface area (Å²) in [6.45, 7) is 1.16. The van der Waals surface area contributed by atoms with E-state index < -0.39 is 0 Å². The molecule has 0 aliphatic carbocycles. The lowest BCUT2D eigenvalue weighted by molar-refractivity contribution is -0.123. The lowest BCUT2D eigenvalue weighted by atomic mass is 10.5. The first-order chi connectivity index (χ1) is 12.9. The Kier molecular flexibility index (Phi) is 6.36. The highest BCUT2D eigenvalue weighted by molar-refractivity contribution is 9.11. The summed E-state index contributed by atoms with van der Waals surface area (Å²) >= 11 is 7.06. The van der Waals surface area contributed by atoms with Crippen molar-refractivity contribution in [2.45, 2.75) is 16.3 Å². The summed E-state index contributed by atoms with van der Waals surface area (Å²) < 4.78 is 1.49. The Morgan fingerprint density at radius 3 is 2.67 bits per heavy atom. The van der Waals surface area contributed by atoms with Gasteiger partial charge in [-0.05, 0) is 27.7 Å². The molecule has 0 radical (unpaired) electrons. The maximum Gasteiger partial charge on any atom is 0.254 e. The maximum atomic E-state index is 12.6. The van der Waals surface area contributed by atoms with E-state index in [4.69, 9.17) is 0 Å². The Morgan fingerprint density at radius 1 is 1.26 bits per heavy atom. The molecule has 0 atom stereocenters. The van der Waals surface area contributed by atoms with Crippen LogP contribution < -0.4 is 15.8 Å². The summed E-state index contributed by atoms with van der Waals surface area (Å²) in [5, 5.41) is 3.73. The summed E-state index contributed by atoms with van der Waals surface area (Å²) in [6, 6.07) is 1.32. The number of nitrogens with zero attached hydrogens (tertiary/aromatic N) is 4. The number of hydrogen-bond donors (Lipinski definition) is 2. The second kappa shape index (κ2) is 8.73. The van der Waals surface area contributed by atoms with Crippen LogP contribution in [0.25, 0.3) is 0 Å². The van der Waals surface area contributed by atoms with Crippen molar-refractivity contribution < 1.29 is 9.59 Å². The molecule has 0 unspecified atom stereocenters. The van der Waals surface area contributed by atoms with Gasteiger partial charge in [0.25, 0.3) is 11.5 Å². The number of aromatic nitrogens is 4. The van der Waals surface area contributed by atoms with Crippen molar-refractivity contribution in [2.24, 2.45) is 0 Å². The third kappa shape index (κ3) is 5.22. The number of H-pyrrole nitrogens is 1. The van der Waals surface area contributed by atoms with Gasteiger partial charge in [0.05, 0.1) is 26.9 Å². The van der Waals surface area contributed by atoms with E-state index in [0.717, 1.165) is 8.00 Å². The van der Waals surface area contributed by atoms with E-state index in [1.54, 1.807) is 12.4 Å². The van der Waals surface area contributed by atoms with Crippen LogP contribution in [-0.4, -0.2) is 38.3 Å². The average molecular weight is 487 g/mol. The van der Waals surface area contributed by atoms with E-state index >= 15 is 0 Å². The first-order valence-electron chi connectivity index (χ1n) is 7.30. The summed E-state index contributed by atoms with van der Waals surface area (Å²) in [5.41, 5.74) is -0.253. The Hall–Kier alpha value is -2.09. The Labute approximate surface area is 173 Å². The summed E-state index contributed by atoms with van der Waals surface area (Å²) in [7, 11) is 0. The molecule has 0 saturated heterocycles. The van der Waals surface area contributed by atoms with Gasteiger partial charge in [-0.2, -0.15) is 0 Å². The van der Waals surface area contributed by atoms with Crippen LogP contribution >= 0.6 is 50.4 Å². The second-order valence-electron chi connectivity index (χ2n) is 4.89. The molecular formula is C14H11BrN6O3S3. The van der Waals surface area contributed by atoms with Crippen molar-refractivity contribution in [2.75, 3.05) is 11.4 Å². The zero-order valence-electron chi connectivity index (χ0n) is 13.6. The first-order valence-corrected chi connectivity index (χ1v) is 10.5. The molecule has 2 N–H and O–H groups in total. The number of carbonyl (C=O) groups is 2. The minimum atomic E-state index is -0.371. The molecule has 3 rings (SSSR count). The Balaban J connectivity index is 1.86. The Morgan fingerprint density at radius 2 is 2.00 bits per heavy atom. The highest BCUT2D eigenvalue weighted by Gasteiger charge is 2.24. The number of carbonyl (C=O) groups excluding carboxylic acids is 2. The van der Waals surface area contributed by atoms with Crippen molar-refractivity contribution in [3.8, 4) is 0 Å². The van der Waals surface area contributed by atoms with Gasteiger partial charge in [-0.25, -0.2) is 19.9 Å².